The molecule has 1 aliphatic heterocycles. The highest BCUT2D eigenvalue weighted by molar-refractivity contribution is 5.92. The summed E-state index contributed by atoms with van der Waals surface area (Å²) >= 11 is 0. The number of hydrogen-bond acceptors (Lipinski definition) is 7. The lowest BCUT2D eigenvalue weighted by atomic mass is 9.87. The van der Waals surface area contributed by atoms with Crippen molar-refractivity contribution in [1.29, 1.82) is 0 Å². The molecule has 0 radical (unpaired) electrons. The first-order chi connectivity index (χ1) is 15.1. The van der Waals surface area contributed by atoms with Crippen molar-refractivity contribution in [2.24, 2.45) is 5.41 Å². The normalized spacial score (nSPS) is 25.8. The highest BCUT2D eigenvalue weighted by atomic mass is 16.6. The first kappa shape index (κ1) is 22.1. The predicted molar refractivity (Wildman–Crippen MR) is 117 cm³/mol. The molecular formula is C25H29NO6. The van der Waals surface area contributed by atoms with Gasteiger partial charge in [0, 0.05) is 28.7 Å². The Balaban J connectivity index is 1.78. The minimum atomic E-state index is -0.975. The van der Waals surface area contributed by atoms with Gasteiger partial charge >= 0.3 is 11.9 Å². The summed E-state index contributed by atoms with van der Waals surface area (Å²) < 4.78 is 21.9. The molecule has 2 fully saturated rings. The Kier molecular flexibility index (Phi) is 5.39. The lowest BCUT2D eigenvalue weighted by Gasteiger charge is -2.26. The molecule has 1 saturated heterocycles. The van der Waals surface area contributed by atoms with Crippen molar-refractivity contribution in [3.63, 3.8) is 0 Å². The van der Waals surface area contributed by atoms with Crippen LogP contribution in [0.25, 0.3) is 0 Å². The van der Waals surface area contributed by atoms with Crippen molar-refractivity contribution < 1.29 is 28.5 Å². The number of benzene rings is 1. The van der Waals surface area contributed by atoms with E-state index in [0.717, 1.165) is 22.4 Å². The molecule has 0 spiro atoms. The Morgan fingerprint density at radius 3 is 2.47 bits per heavy atom. The van der Waals surface area contributed by atoms with Gasteiger partial charge < -0.3 is 18.9 Å². The Morgan fingerprint density at radius 2 is 1.88 bits per heavy atom. The van der Waals surface area contributed by atoms with E-state index in [1.807, 2.05) is 52.0 Å². The second-order valence-electron chi connectivity index (χ2n) is 9.34. The maximum absolute atomic E-state index is 13.8. The fourth-order valence-electron chi connectivity index (χ4n) is 4.62. The maximum atomic E-state index is 13.8. The highest BCUT2D eigenvalue weighted by Crippen LogP contribution is 2.64. The molecule has 170 valence electrons. The van der Waals surface area contributed by atoms with E-state index in [1.54, 1.807) is 20.3 Å². The molecule has 2 aliphatic rings. The molecular weight excluding hydrogens is 410 g/mol. The molecule has 1 aromatic heterocycles. The summed E-state index contributed by atoms with van der Waals surface area (Å²) in [6, 6.07) is 9.50. The van der Waals surface area contributed by atoms with Gasteiger partial charge in [-0.25, -0.2) is 9.78 Å². The number of nitrogens with zero attached hydrogens (tertiary/aromatic N) is 1. The fourth-order valence-corrected chi connectivity index (χ4v) is 4.62. The van der Waals surface area contributed by atoms with Crippen molar-refractivity contribution in [3.8, 4) is 11.6 Å². The summed E-state index contributed by atoms with van der Waals surface area (Å²) in [5.74, 6) is 0.0171. The van der Waals surface area contributed by atoms with Crippen LogP contribution in [0.4, 0.5) is 0 Å². The summed E-state index contributed by atoms with van der Waals surface area (Å²) in [5.41, 5.74) is 1.93. The number of pyridine rings is 1. The van der Waals surface area contributed by atoms with Crippen LogP contribution in [-0.2, 0) is 24.5 Å². The first-order valence-electron chi connectivity index (χ1n) is 10.7. The van der Waals surface area contributed by atoms with E-state index < -0.39 is 28.9 Å². The third kappa shape index (κ3) is 3.49. The Bertz CT molecular complexity index is 1080. The van der Waals surface area contributed by atoms with Crippen molar-refractivity contribution in [2.75, 3.05) is 20.8 Å². The van der Waals surface area contributed by atoms with Gasteiger partial charge in [-0.2, -0.15) is 0 Å². The highest BCUT2D eigenvalue weighted by Gasteiger charge is 2.65. The van der Waals surface area contributed by atoms with Gasteiger partial charge in [0.1, 0.15) is 17.8 Å². The van der Waals surface area contributed by atoms with Gasteiger partial charge in [0.05, 0.1) is 14.2 Å². The number of rotatable bonds is 6. The summed E-state index contributed by atoms with van der Waals surface area (Å²) in [7, 11) is 3.16. The van der Waals surface area contributed by atoms with Crippen LogP contribution in [0.5, 0.6) is 11.6 Å². The molecule has 0 bridgehead atoms. The van der Waals surface area contributed by atoms with Crippen LogP contribution in [0.3, 0.4) is 0 Å². The van der Waals surface area contributed by atoms with Crippen LogP contribution in [0.1, 0.15) is 48.6 Å². The molecule has 1 aromatic carbocycles. The van der Waals surface area contributed by atoms with Crippen LogP contribution < -0.4 is 9.47 Å². The molecule has 1 aliphatic carbocycles. The molecule has 4 rings (SSSR count). The number of aryl methyl sites for hydroxylation is 2. The molecule has 2 heterocycles. The van der Waals surface area contributed by atoms with Gasteiger partial charge in [-0.1, -0.05) is 37.6 Å². The zero-order valence-electron chi connectivity index (χ0n) is 19.4. The van der Waals surface area contributed by atoms with E-state index in [1.165, 1.54) is 0 Å². The molecule has 2 aromatic rings. The number of methoxy groups -OCH3 is 2. The quantitative estimate of drug-likeness (QED) is 0.636. The van der Waals surface area contributed by atoms with Gasteiger partial charge in [-0.15, -0.1) is 0 Å². The summed E-state index contributed by atoms with van der Waals surface area (Å²) in [5, 5.41) is 0. The number of cyclic esters (lactones) is 1. The average molecular weight is 440 g/mol. The third-order valence-corrected chi connectivity index (χ3v) is 6.58. The number of esters is 2. The van der Waals surface area contributed by atoms with Gasteiger partial charge in [0.2, 0.25) is 12.0 Å². The smallest absolute Gasteiger partial charge is 0.348 e. The minimum Gasteiger partial charge on any atom is -0.496 e. The SMILES string of the molecule is COc1ccc([C@H]2C[C@@]2(C(=O)O[C@H]2C(=O)OCC2(C)C)c2cc(C)ccc2OC)c(C)n1. The van der Waals surface area contributed by atoms with Crippen LogP contribution >= 0.6 is 0 Å². The number of ether oxygens (including phenoxy) is 4. The Hall–Kier alpha value is -3.09. The maximum Gasteiger partial charge on any atom is 0.348 e. The molecule has 0 N–H and O–H groups in total. The second-order valence-corrected chi connectivity index (χ2v) is 9.34. The predicted octanol–water partition coefficient (Wildman–Crippen LogP) is 3.64. The molecule has 0 unspecified atom stereocenters. The van der Waals surface area contributed by atoms with Crippen molar-refractivity contribution in [3.05, 3.63) is 52.7 Å². The monoisotopic (exact) mass is 439 g/mol. The fraction of sp³-hybridized carbons (Fsp3) is 0.480. The van der Waals surface area contributed by atoms with E-state index in [0.29, 0.717) is 18.1 Å². The van der Waals surface area contributed by atoms with Gasteiger partial charge in [0.25, 0.3) is 0 Å². The Morgan fingerprint density at radius 1 is 1.12 bits per heavy atom. The molecule has 7 heteroatoms. The van der Waals surface area contributed by atoms with Crippen LogP contribution in [0.2, 0.25) is 0 Å². The number of carbonyl (C=O) groups is 2. The largest absolute Gasteiger partial charge is 0.496 e. The van der Waals surface area contributed by atoms with Crippen molar-refractivity contribution >= 4 is 11.9 Å². The van der Waals surface area contributed by atoms with Crippen LogP contribution in [-0.4, -0.2) is 43.9 Å². The van der Waals surface area contributed by atoms with E-state index in [9.17, 15) is 9.59 Å². The zero-order valence-corrected chi connectivity index (χ0v) is 19.4. The molecule has 0 amide bonds. The van der Waals surface area contributed by atoms with Crippen LogP contribution in [0, 0.1) is 19.3 Å². The van der Waals surface area contributed by atoms with Gasteiger partial charge in [-0.05, 0) is 31.9 Å². The standard InChI is InChI=1S/C25H29NO6/c1-14-7-9-19(29-5)17(11-14)25(23(28)32-21-22(27)31-13-24(21,3)4)12-18(25)16-8-10-20(30-6)26-15(16)2/h7-11,18,21H,12-13H2,1-6H3/t18-,21+,25-/m1/s1. The number of aromatic nitrogens is 1. The van der Waals surface area contributed by atoms with E-state index in [4.69, 9.17) is 18.9 Å². The van der Waals surface area contributed by atoms with Crippen LogP contribution in [0.15, 0.2) is 30.3 Å². The first-order valence-corrected chi connectivity index (χ1v) is 10.7. The van der Waals surface area contributed by atoms with Crippen molar-refractivity contribution in [1.82, 2.24) is 4.98 Å². The number of carbonyl (C=O) groups excluding carboxylic acids is 2. The summed E-state index contributed by atoms with van der Waals surface area (Å²) in [4.78, 5) is 30.6. The topological polar surface area (TPSA) is 84.0 Å². The Labute approximate surface area is 188 Å². The molecule has 1 saturated carbocycles. The summed E-state index contributed by atoms with van der Waals surface area (Å²) in [6.07, 6.45) is -0.415. The minimum absolute atomic E-state index is 0.162. The zero-order chi connectivity index (χ0) is 23.3. The molecule has 7 nitrogen and oxygen atoms in total. The van der Waals surface area contributed by atoms with Crippen molar-refractivity contribution in [2.45, 2.75) is 51.6 Å². The van der Waals surface area contributed by atoms with Gasteiger partial charge in [0.15, 0.2) is 0 Å². The van der Waals surface area contributed by atoms with Gasteiger partial charge in [-0.3, -0.25) is 4.79 Å². The lowest BCUT2D eigenvalue weighted by Crippen LogP contribution is -2.39. The van der Waals surface area contributed by atoms with E-state index >= 15 is 0 Å². The third-order valence-electron chi connectivity index (χ3n) is 6.58. The van der Waals surface area contributed by atoms with E-state index in [-0.39, 0.29) is 12.5 Å². The summed E-state index contributed by atoms with van der Waals surface area (Å²) in [6.45, 7) is 7.80. The average Bonchev–Trinajstić information content (AvgIpc) is 3.46. The number of hydrogen-bond donors (Lipinski definition) is 0. The molecule has 3 atom stereocenters. The van der Waals surface area contributed by atoms with E-state index in [2.05, 4.69) is 4.98 Å². The second kappa shape index (κ2) is 7.80. The lowest BCUT2D eigenvalue weighted by molar-refractivity contribution is -0.165. The molecule has 32 heavy (non-hydrogen) atoms.